The maximum absolute atomic E-state index is 14.5. The Balaban J connectivity index is 1.50. The van der Waals surface area contributed by atoms with Crippen molar-refractivity contribution < 1.29 is 58.2 Å². The van der Waals surface area contributed by atoms with Crippen molar-refractivity contribution in [3.05, 3.63) is 69.5 Å². The number of esters is 1. The van der Waals surface area contributed by atoms with Gasteiger partial charge in [-0.1, -0.05) is 76.6 Å². The monoisotopic (exact) mass is 980 g/mol. The zero-order valence-corrected chi connectivity index (χ0v) is 43.6. The molecule has 2 saturated heterocycles. The molecule has 0 spiro atoms. The van der Waals surface area contributed by atoms with Gasteiger partial charge in [-0.2, -0.15) is 0 Å². The number of aryl methyl sites for hydroxylation is 1. The second kappa shape index (κ2) is 25.7. The molecule has 1 aliphatic carbocycles. The molecule has 0 unspecified atom stereocenters. The number of ketones is 3. The lowest BCUT2D eigenvalue weighted by atomic mass is 9.78. The fourth-order valence-electron chi connectivity index (χ4n) is 10.8. The number of cyclic esters (lactones) is 1. The summed E-state index contributed by atoms with van der Waals surface area (Å²) in [7, 11) is 2.96. The van der Waals surface area contributed by atoms with Gasteiger partial charge in [0.15, 0.2) is 5.78 Å². The number of hydrogen-bond donors (Lipinski definition) is 3. The number of hydrogen-bond acceptors (Lipinski definition) is 13. The summed E-state index contributed by atoms with van der Waals surface area (Å²) in [6.45, 7) is 15.0. The lowest BCUT2D eigenvalue weighted by Gasteiger charge is -2.43. The van der Waals surface area contributed by atoms with Crippen LogP contribution in [0.15, 0.2) is 59.7 Å². The van der Waals surface area contributed by atoms with Crippen LogP contribution in [-0.2, 0) is 42.9 Å². The Morgan fingerprint density at radius 1 is 0.870 bits per heavy atom. The van der Waals surface area contributed by atoms with Crippen LogP contribution < -0.4 is 0 Å². The average molecular weight is 980 g/mol. The molecule has 14 heteroatoms. The molecule has 4 heterocycles. The molecule has 384 valence electrons. The van der Waals surface area contributed by atoms with Gasteiger partial charge in [0.25, 0.3) is 11.7 Å². The molecule has 2 bridgehead atoms. The molecule has 1 aromatic heterocycles. The van der Waals surface area contributed by atoms with Gasteiger partial charge in [0.2, 0.25) is 5.79 Å². The maximum atomic E-state index is 14.5. The first-order valence-electron chi connectivity index (χ1n) is 25.4. The van der Waals surface area contributed by atoms with Gasteiger partial charge in [-0.15, -0.1) is 11.3 Å². The summed E-state index contributed by atoms with van der Waals surface area (Å²) in [6.07, 6.45) is 12.3. The first-order valence-corrected chi connectivity index (χ1v) is 26.2. The normalized spacial score (nSPS) is 38.8. The van der Waals surface area contributed by atoms with E-state index < -0.39 is 77.8 Å². The number of amides is 1. The van der Waals surface area contributed by atoms with Crippen molar-refractivity contribution in [2.45, 2.75) is 187 Å². The highest BCUT2D eigenvalue weighted by Crippen LogP contribution is 2.41. The number of carbonyl (C=O) groups is 5. The Morgan fingerprint density at radius 2 is 1.61 bits per heavy atom. The molecular weight excluding hydrogens is 899 g/mol. The van der Waals surface area contributed by atoms with Crippen molar-refractivity contribution >= 4 is 40.6 Å². The van der Waals surface area contributed by atoms with E-state index in [4.69, 9.17) is 18.9 Å². The molecule has 3 fully saturated rings. The third kappa shape index (κ3) is 14.5. The second-order valence-corrected chi connectivity index (χ2v) is 22.2. The molecule has 0 aromatic carbocycles. The summed E-state index contributed by atoms with van der Waals surface area (Å²) >= 11 is 1.67. The lowest BCUT2D eigenvalue weighted by molar-refractivity contribution is -0.264. The van der Waals surface area contributed by atoms with Crippen LogP contribution >= 0.6 is 11.3 Å². The van der Waals surface area contributed by atoms with Crippen molar-refractivity contribution in [2.24, 2.45) is 35.5 Å². The van der Waals surface area contributed by atoms with Gasteiger partial charge in [0.1, 0.15) is 30.1 Å². The topological polar surface area (TPSA) is 186 Å². The number of methoxy groups -OCH3 is 2. The number of Topliss-reactive ketones (excluding diaryl/α,β-unsaturated/α-hetero) is 3. The Bertz CT molecular complexity index is 2060. The first kappa shape index (κ1) is 56.3. The summed E-state index contributed by atoms with van der Waals surface area (Å²) in [6, 6.07) is 3.02. The molecule has 1 amide bonds. The van der Waals surface area contributed by atoms with E-state index in [-0.39, 0.29) is 60.7 Å². The predicted octanol–water partition coefficient (Wildman–Crippen LogP) is 8.32. The number of piperidine rings is 1. The van der Waals surface area contributed by atoms with E-state index in [1.807, 2.05) is 65.0 Å². The number of carbonyl (C=O) groups excluding carboxylic acids is 5. The van der Waals surface area contributed by atoms with Gasteiger partial charge in [-0.3, -0.25) is 19.2 Å². The number of thiophene rings is 1. The van der Waals surface area contributed by atoms with Crippen LogP contribution in [0.5, 0.6) is 0 Å². The van der Waals surface area contributed by atoms with Crippen LogP contribution in [-0.4, -0.2) is 119 Å². The molecule has 13 nitrogen and oxygen atoms in total. The fourth-order valence-corrected chi connectivity index (χ4v) is 11.9. The van der Waals surface area contributed by atoms with Crippen LogP contribution in [0.3, 0.4) is 0 Å². The van der Waals surface area contributed by atoms with Crippen molar-refractivity contribution in [2.75, 3.05) is 20.8 Å². The van der Waals surface area contributed by atoms with Crippen molar-refractivity contribution in [1.29, 1.82) is 0 Å². The SMILES string of the molecule is CO[C@H]1C[C@@H](C[C@H](C)[C@@H]2CC(=O)[C@H](C)/C=C(/C)[C@@H](O)[C@H](OC)C(=O)[C@H](C)C[C@H](C)\C=C/C=C\C=C(\C)[C@H](c3ccc(C)s3)C[C@@H]3CC[C@H](C)[C@](O)(O3)C(=O)C(=O)N3CCCC[C@@H]3C(=O)O2)CC[C@@H]1O. The minimum Gasteiger partial charge on any atom is -0.460 e. The number of allylic oxidation sites excluding steroid dienone is 7. The van der Waals surface area contributed by atoms with Crippen LogP contribution in [0.25, 0.3) is 0 Å². The Kier molecular flexibility index (Phi) is 20.9. The van der Waals surface area contributed by atoms with E-state index in [2.05, 4.69) is 12.1 Å². The number of aliphatic hydroxyl groups is 3. The lowest BCUT2D eigenvalue weighted by Crippen LogP contribution is -2.60. The molecule has 15 atom stereocenters. The summed E-state index contributed by atoms with van der Waals surface area (Å²) in [4.78, 5) is 74.8. The van der Waals surface area contributed by atoms with Gasteiger partial charge >= 0.3 is 5.97 Å². The van der Waals surface area contributed by atoms with Gasteiger partial charge in [-0.25, -0.2) is 4.79 Å². The van der Waals surface area contributed by atoms with Gasteiger partial charge in [0.05, 0.1) is 18.3 Å². The molecule has 4 aliphatic rings. The largest absolute Gasteiger partial charge is 0.460 e. The van der Waals surface area contributed by atoms with Gasteiger partial charge in [-0.05, 0) is 127 Å². The third-order valence-corrected chi connectivity index (χ3v) is 16.5. The minimum absolute atomic E-state index is 0.0241. The number of aliphatic hydroxyl groups excluding tert-OH is 2. The third-order valence-electron chi connectivity index (χ3n) is 15.4. The average Bonchev–Trinajstić information content (AvgIpc) is 3.76. The zero-order valence-electron chi connectivity index (χ0n) is 42.8. The summed E-state index contributed by atoms with van der Waals surface area (Å²) in [5, 5.41) is 34.2. The first-order chi connectivity index (χ1) is 32.7. The highest BCUT2D eigenvalue weighted by atomic mass is 32.1. The molecule has 1 saturated carbocycles. The molecule has 3 N–H and O–H groups in total. The molecule has 0 radical (unpaired) electrons. The molecular formula is C55H81NO12S. The van der Waals surface area contributed by atoms with Crippen molar-refractivity contribution in [3.63, 3.8) is 0 Å². The Morgan fingerprint density at radius 3 is 2.29 bits per heavy atom. The highest BCUT2D eigenvalue weighted by Gasteiger charge is 2.53. The van der Waals surface area contributed by atoms with Crippen molar-refractivity contribution in [1.82, 2.24) is 4.90 Å². The van der Waals surface area contributed by atoms with E-state index in [9.17, 15) is 39.3 Å². The van der Waals surface area contributed by atoms with E-state index >= 15 is 0 Å². The van der Waals surface area contributed by atoms with Crippen LogP contribution in [0.1, 0.15) is 141 Å². The van der Waals surface area contributed by atoms with E-state index in [1.54, 1.807) is 45.3 Å². The summed E-state index contributed by atoms with van der Waals surface area (Å²) in [5.74, 6) is -7.96. The van der Waals surface area contributed by atoms with Gasteiger partial charge < -0.3 is 39.2 Å². The minimum atomic E-state index is -2.42. The predicted molar refractivity (Wildman–Crippen MR) is 266 cm³/mol. The number of ether oxygens (including phenoxy) is 4. The summed E-state index contributed by atoms with van der Waals surface area (Å²) in [5.41, 5.74) is 1.44. The Hall–Kier alpha value is -3.63. The standard InChI is InChI=1S/C55H81NO12S/c1-32-16-12-11-13-17-33(2)42(48-24-20-39(8)69-48)30-41-22-19-38(7)55(64,68-41)52(61)53(62)56-25-15-14-18-43(56)54(63)67-46(35(4)28-40-21-23-44(57)47(29-40)65-9)31-45(58)34(3)27-37(6)50(60)51(66-10)49(59)36(5)26-32/h11-13,16-17,20,24,27,32,34-36,38,40-44,46-47,50-51,57,60,64H,14-15,18-19,21-23,25-26,28-31H2,1-10H3/b13-11-,16-12-,33-17-,37-27-/t32-,34-,35+,36-,38+,40-,41+,42-,43-,44+,46+,47+,50-,51-,55+/m1/s1. The van der Waals surface area contributed by atoms with Crippen LogP contribution in [0, 0.1) is 42.4 Å². The smallest absolute Gasteiger partial charge is 0.329 e. The number of rotatable bonds is 6. The quantitative estimate of drug-likeness (QED) is 0.141. The fraction of sp³-hybridized carbons (Fsp3) is 0.691. The van der Waals surface area contributed by atoms with E-state index in [0.29, 0.717) is 63.4 Å². The molecule has 69 heavy (non-hydrogen) atoms. The highest BCUT2D eigenvalue weighted by molar-refractivity contribution is 7.12. The van der Waals surface area contributed by atoms with Crippen LogP contribution in [0.2, 0.25) is 0 Å². The Labute approximate surface area is 414 Å². The van der Waals surface area contributed by atoms with Gasteiger partial charge in [0, 0.05) is 60.6 Å². The maximum Gasteiger partial charge on any atom is 0.329 e. The van der Waals surface area contributed by atoms with E-state index in [0.717, 1.165) is 21.7 Å². The van der Waals surface area contributed by atoms with E-state index in [1.165, 1.54) is 12.0 Å². The molecule has 5 rings (SSSR count). The molecule has 3 aliphatic heterocycles. The number of nitrogens with zero attached hydrogens (tertiary/aromatic N) is 1. The number of fused-ring (bicyclic) bond motifs is 3. The van der Waals surface area contributed by atoms with Crippen molar-refractivity contribution in [3.8, 4) is 0 Å². The van der Waals surface area contributed by atoms with Crippen LogP contribution in [0.4, 0.5) is 0 Å². The molecule has 1 aromatic rings. The summed E-state index contributed by atoms with van der Waals surface area (Å²) < 4.78 is 23.9. The zero-order chi connectivity index (χ0) is 50.7. The second-order valence-electron chi connectivity index (χ2n) is 20.9.